The van der Waals surface area contributed by atoms with E-state index >= 15 is 0 Å². The molecule has 4 nitrogen and oxygen atoms in total. The van der Waals surface area contributed by atoms with Crippen molar-refractivity contribution in [3.63, 3.8) is 0 Å². The zero-order valence-corrected chi connectivity index (χ0v) is 12.6. The van der Waals surface area contributed by atoms with Gasteiger partial charge in [-0.05, 0) is 46.2 Å². The molecular weight excluding hydrogens is 240 g/mol. The Kier molecular flexibility index (Phi) is 5.60. The van der Waals surface area contributed by atoms with Crippen LogP contribution in [0.25, 0.3) is 0 Å². The predicted octanol–water partition coefficient (Wildman–Crippen LogP) is 2.49. The average Bonchev–Trinajstić information content (AvgIpc) is 2.81. The molecule has 0 aromatic carbocycles. The Hall–Kier alpha value is -1.29. The lowest BCUT2D eigenvalue weighted by Gasteiger charge is -2.27. The Balaban J connectivity index is 2.41. The Bertz CT molecular complexity index is 385. The normalized spacial score (nSPS) is 15.0. The quantitative estimate of drug-likeness (QED) is 0.797. The molecule has 1 heterocycles. The second kappa shape index (κ2) is 6.75. The molecule has 1 rings (SSSR count). The third-order valence-corrected chi connectivity index (χ3v) is 3.36. The summed E-state index contributed by atoms with van der Waals surface area (Å²) in [7, 11) is 0. The number of rotatable bonds is 7. The molecule has 0 radical (unpaired) electrons. The second-order valence-corrected chi connectivity index (χ2v) is 5.80. The first kappa shape index (κ1) is 15.8. The minimum atomic E-state index is -0.212. The van der Waals surface area contributed by atoms with Crippen LogP contribution in [0, 0.1) is 0 Å². The third-order valence-electron chi connectivity index (χ3n) is 3.36. The lowest BCUT2D eigenvalue weighted by atomic mass is 10.0. The molecule has 2 atom stereocenters. The molecule has 1 aromatic rings. The number of amides is 1. The van der Waals surface area contributed by atoms with Crippen molar-refractivity contribution in [3.8, 4) is 0 Å². The van der Waals surface area contributed by atoms with Gasteiger partial charge in [0.2, 0.25) is 5.91 Å². The van der Waals surface area contributed by atoms with E-state index in [1.165, 1.54) is 0 Å². The first-order valence-corrected chi connectivity index (χ1v) is 6.94. The summed E-state index contributed by atoms with van der Waals surface area (Å²) >= 11 is 0. The molecule has 0 aliphatic heterocycles. The fraction of sp³-hybridized carbons (Fsp3) is 0.667. The number of nitrogens with one attached hydrogen (secondary N) is 2. The highest BCUT2D eigenvalue weighted by Crippen LogP contribution is 2.08. The van der Waals surface area contributed by atoms with Crippen LogP contribution in [0.4, 0.5) is 0 Å². The monoisotopic (exact) mass is 266 g/mol. The van der Waals surface area contributed by atoms with Crippen molar-refractivity contribution in [3.05, 3.63) is 24.2 Å². The summed E-state index contributed by atoms with van der Waals surface area (Å²) in [4.78, 5) is 12.1. The fourth-order valence-electron chi connectivity index (χ4n) is 1.82. The van der Waals surface area contributed by atoms with Crippen molar-refractivity contribution in [2.45, 2.75) is 65.1 Å². The Morgan fingerprint density at radius 3 is 2.63 bits per heavy atom. The van der Waals surface area contributed by atoms with Gasteiger partial charge in [-0.2, -0.15) is 0 Å². The summed E-state index contributed by atoms with van der Waals surface area (Å²) in [5, 5.41) is 6.34. The van der Waals surface area contributed by atoms with Crippen LogP contribution in [0.15, 0.2) is 22.8 Å². The van der Waals surface area contributed by atoms with Gasteiger partial charge in [-0.3, -0.25) is 4.79 Å². The number of hydrogen-bond acceptors (Lipinski definition) is 3. The summed E-state index contributed by atoms with van der Waals surface area (Å²) in [5.74, 6) is 0.972. The highest BCUT2D eigenvalue weighted by molar-refractivity contribution is 5.82. The van der Waals surface area contributed by atoms with Crippen LogP contribution < -0.4 is 10.6 Å². The Morgan fingerprint density at radius 2 is 2.11 bits per heavy atom. The van der Waals surface area contributed by atoms with Crippen molar-refractivity contribution in [2.24, 2.45) is 0 Å². The largest absolute Gasteiger partial charge is 0.469 e. The van der Waals surface area contributed by atoms with E-state index in [1.807, 2.05) is 32.9 Å². The van der Waals surface area contributed by atoms with Gasteiger partial charge in [-0.15, -0.1) is 0 Å². The molecule has 0 aliphatic carbocycles. The Labute approximate surface area is 116 Å². The predicted molar refractivity (Wildman–Crippen MR) is 77.0 cm³/mol. The van der Waals surface area contributed by atoms with Gasteiger partial charge < -0.3 is 15.1 Å². The first-order valence-electron chi connectivity index (χ1n) is 6.94. The van der Waals surface area contributed by atoms with Gasteiger partial charge in [0.1, 0.15) is 5.76 Å². The minimum Gasteiger partial charge on any atom is -0.469 e. The van der Waals surface area contributed by atoms with Crippen LogP contribution in [0.2, 0.25) is 0 Å². The maximum absolute atomic E-state index is 12.1. The van der Waals surface area contributed by atoms with E-state index < -0.39 is 0 Å². The number of hydrogen-bond donors (Lipinski definition) is 2. The summed E-state index contributed by atoms with van der Waals surface area (Å²) in [6.45, 7) is 10.1. The SMILES string of the molecule is CCC(C)(C)NC(=O)C(C)NC(C)Cc1ccco1. The topological polar surface area (TPSA) is 54.3 Å². The van der Waals surface area contributed by atoms with E-state index in [2.05, 4.69) is 24.5 Å². The van der Waals surface area contributed by atoms with Crippen LogP contribution in [0.5, 0.6) is 0 Å². The standard InChI is InChI=1S/C15H26N2O2/c1-6-15(4,5)17-14(18)12(3)16-11(2)10-13-8-7-9-19-13/h7-9,11-12,16H,6,10H2,1-5H3,(H,17,18). The molecule has 0 saturated heterocycles. The lowest BCUT2D eigenvalue weighted by Crippen LogP contribution is -2.52. The van der Waals surface area contributed by atoms with Gasteiger partial charge in [-0.1, -0.05) is 6.92 Å². The number of carbonyl (C=O) groups excluding carboxylic acids is 1. The molecule has 108 valence electrons. The van der Waals surface area contributed by atoms with Crippen molar-refractivity contribution in [1.82, 2.24) is 10.6 Å². The van der Waals surface area contributed by atoms with E-state index in [0.717, 1.165) is 18.6 Å². The molecule has 19 heavy (non-hydrogen) atoms. The summed E-state index contributed by atoms with van der Waals surface area (Å²) in [5.41, 5.74) is -0.155. The summed E-state index contributed by atoms with van der Waals surface area (Å²) in [6.07, 6.45) is 3.36. The van der Waals surface area contributed by atoms with Gasteiger partial charge in [0, 0.05) is 18.0 Å². The van der Waals surface area contributed by atoms with E-state index in [1.54, 1.807) is 6.26 Å². The zero-order chi connectivity index (χ0) is 14.5. The van der Waals surface area contributed by atoms with Crippen LogP contribution >= 0.6 is 0 Å². The van der Waals surface area contributed by atoms with E-state index in [0.29, 0.717) is 0 Å². The minimum absolute atomic E-state index is 0.0399. The van der Waals surface area contributed by atoms with E-state index in [9.17, 15) is 4.79 Å². The number of carbonyl (C=O) groups is 1. The van der Waals surface area contributed by atoms with Crippen molar-refractivity contribution in [2.75, 3.05) is 0 Å². The van der Waals surface area contributed by atoms with E-state index in [4.69, 9.17) is 4.42 Å². The molecule has 0 saturated carbocycles. The molecule has 4 heteroatoms. The molecule has 2 unspecified atom stereocenters. The van der Waals surface area contributed by atoms with Crippen LogP contribution in [-0.2, 0) is 11.2 Å². The first-order chi connectivity index (χ1) is 8.84. The van der Waals surface area contributed by atoms with Crippen molar-refractivity contribution >= 4 is 5.91 Å². The van der Waals surface area contributed by atoms with Crippen molar-refractivity contribution in [1.29, 1.82) is 0 Å². The highest BCUT2D eigenvalue weighted by atomic mass is 16.3. The molecule has 1 amide bonds. The van der Waals surface area contributed by atoms with Gasteiger partial charge in [0.05, 0.1) is 12.3 Å². The summed E-state index contributed by atoms with van der Waals surface area (Å²) < 4.78 is 5.30. The van der Waals surface area contributed by atoms with Gasteiger partial charge in [0.15, 0.2) is 0 Å². The van der Waals surface area contributed by atoms with Gasteiger partial charge >= 0.3 is 0 Å². The molecule has 0 bridgehead atoms. The third kappa shape index (κ3) is 5.47. The van der Waals surface area contributed by atoms with E-state index in [-0.39, 0.29) is 23.5 Å². The smallest absolute Gasteiger partial charge is 0.237 e. The van der Waals surface area contributed by atoms with Crippen molar-refractivity contribution < 1.29 is 9.21 Å². The Morgan fingerprint density at radius 1 is 1.42 bits per heavy atom. The van der Waals surface area contributed by atoms with Gasteiger partial charge in [-0.25, -0.2) is 0 Å². The molecule has 0 spiro atoms. The molecule has 2 N–H and O–H groups in total. The summed E-state index contributed by atoms with van der Waals surface area (Å²) in [6, 6.07) is 3.80. The maximum Gasteiger partial charge on any atom is 0.237 e. The zero-order valence-electron chi connectivity index (χ0n) is 12.6. The maximum atomic E-state index is 12.1. The second-order valence-electron chi connectivity index (χ2n) is 5.80. The average molecular weight is 266 g/mol. The lowest BCUT2D eigenvalue weighted by molar-refractivity contribution is -0.124. The fourth-order valence-corrected chi connectivity index (χ4v) is 1.82. The molecule has 1 aromatic heterocycles. The van der Waals surface area contributed by atoms with Gasteiger partial charge in [0.25, 0.3) is 0 Å². The van der Waals surface area contributed by atoms with Crippen LogP contribution in [-0.4, -0.2) is 23.5 Å². The molecular formula is C15H26N2O2. The molecule has 0 aliphatic rings. The number of furan rings is 1. The van der Waals surface area contributed by atoms with Crippen LogP contribution in [0.3, 0.4) is 0 Å². The van der Waals surface area contributed by atoms with Crippen LogP contribution in [0.1, 0.15) is 46.8 Å². The molecule has 0 fully saturated rings. The highest BCUT2D eigenvalue weighted by Gasteiger charge is 2.22.